The standard InChI is InChI=1S/C13H18N4O/c1-3-17-13(15-9-16-17)8-12(14)10-4-6-11(18-2)7-5-10/h4-7,9,12H,3,8,14H2,1-2H3. The Kier molecular flexibility index (Phi) is 3.94. The van der Waals surface area contributed by atoms with Gasteiger partial charge in [0.25, 0.3) is 0 Å². The highest BCUT2D eigenvalue weighted by molar-refractivity contribution is 5.29. The fraction of sp³-hybridized carbons (Fsp3) is 0.385. The van der Waals surface area contributed by atoms with Crippen LogP contribution in [0.15, 0.2) is 30.6 Å². The van der Waals surface area contributed by atoms with Crippen molar-refractivity contribution in [3.8, 4) is 5.75 Å². The van der Waals surface area contributed by atoms with E-state index in [-0.39, 0.29) is 6.04 Å². The third kappa shape index (κ3) is 2.68. The molecule has 0 aliphatic heterocycles. The van der Waals surface area contributed by atoms with E-state index in [0.29, 0.717) is 6.42 Å². The second-order valence-corrected chi connectivity index (χ2v) is 4.08. The molecule has 2 aromatic rings. The van der Waals surface area contributed by atoms with E-state index in [4.69, 9.17) is 10.5 Å². The van der Waals surface area contributed by atoms with Crippen LogP contribution in [0.4, 0.5) is 0 Å². The lowest BCUT2D eigenvalue weighted by molar-refractivity contribution is 0.414. The molecule has 0 saturated heterocycles. The van der Waals surface area contributed by atoms with Crippen LogP contribution in [0, 0.1) is 0 Å². The number of hydrogen-bond donors (Lipinski definition) is 1. The first-order valence-corrected chi connectivity index (χ1v) is 6.00. The number of aryl methyl sites for hydroxylation is 1. The van der Waals surface area contributed by atoms with Crippen molar-refractivity contribution in [2.45, 2.75) is 25.9 Å². The fourth-order valence-corrected chi connectivity index (χ4v) is 1.88. The van der Waals surface area contributed by atoms with Crippen molar-refractivity contribution in [1.29, 1.82) is 0 Å². The minimum Gasteiger partial charge on any atom is -0.497 e. The molecule has 1 aromatic carbocycles. The van der Waals surface area contributed by atoms with Gasteiger partial charge in [-0.3, -0.25) is 4.68 Å². The minimum atomic E-state index is -0.0783. The van der Waals surface area contributed by atoms with E-state index in [1.807, 2.05) is 35.9 Å². The average Bonchev–Trinajstić information content (AvgIpc) is 2.86. The van der Waals surface area contributed by atoms with Crippen molar-refractivity contribution in [2.24, 2.45) is 5.73 Å². The van der Waals surface area contributed by atoms with Crippen LogP contribution in [0.1, 0.15) is 24.4 Å². The largest absolute Gasteiger partial charge is 0.497 e. The second kappa shape index (κ2) is 5.64. The fourth-order valence-electron chi connectivity index (χ4n) is 1.88. The highest BCUT2D eigenvalue weighted by atomic mass is 16.5. The summed E-state index contributed by atoms with van der Waals surface area (Å²) in [4.78, 5) is 4.23. The van der Waals surface area contributed by atoms with Gasteiger partial charge in [-0.2, -0.15) is 5.10 Å². The van der Waals surface area contributed by atoms with Gasteiger partial charge < -0.3 is 10.5 Å². The van der Waals surface area contributed by atoms with E-state index in [9.17, 15) is 0 Å². The number of nitrogens with two attached hydrogens (primary N) is 1. The molecule has 2 rings (SSSR count). The summed E-state index contributed by atoms with van der Waals surface area (Å²) in [5.41, 5.74) is 7.25. The molecule has 0 aliphatic carbocycles. The van der Waals surface area contributed by atoms with Crippen LogP contribution >= 0.6 is 0 Å². The first kappa shape index (κ1) is 12.6. The molecule has 1 aromatic heterocycles. The van der Waals surface area contributed by atoms with Crippen molar-refractivity contribution in [1.82, 2.24) is 14.8 Å². The van der Waals surface area contributed by atoms with Gasteiger partial charge in [0, 0.05) is 19.0 Å². The van der Waals surface area contributed by atoms with Crippen molar-refractivity contribution < 1.29 is 4.74 Å². The minimum absolute atomic E-state index is 0.0783. The van der Waals surface area contributed by atoms with Gasteiger partial charge >= 0.3 is 0 Å². The number of benzene rings is 1. The molecule has 18 heavy (non-hydrogen) atoms. The third-order valence-electron chi connectivity index (χ3n) is 2.94. The lowest BCUT2D eigenvalue weighted by Gasteiger charge is -2.12. The van der Waals surface area contributed by atoms with Crippen molar-refractivity contribution in [2.75, 3.05) is 7.11 Å². The van der Waals surface area contributed by atoms with E-state index in [0.717, 1.165) is 23.7 Å². The number of methoxy groups -OCH3 is 1. The molecule has 2 N–H and O–H groups in total. The molecule has 0 amide bonds. The zero-order valence-electron chi connectivity index (χ0n) is 10.7. The third-order valence-corrected chi connectivity index (χ3v) is 2.94. The van der Waals surface area contributed by atoms with Crippen LogP contribution in [-0.2, 0) is 13.0 Å². The molecule has 1 heterocycles. The summed E-state index contributed by atoms with van der Waals surface area (Å²) >= 11 is 0. The number of nitrogens with zero attached hydrogens (tertiary/aromatic N) is 3. The summed E-state index contributed by atoms with van der Waals surface area (Å²) in [6.45, 7) is 2.85. The summed E-state index contributed by atoms with van der Waals surface area (Å²) in [7, 11) is 1.65. The van der Waals surface area contributed by atoms with E-state index in [1.165, 1.54) is 0 Å². The Balaban J connectivity index is 2.09. The quantitative estimate of drug-likeness (QED) is 0.869. The number of aromatic nitrogens is 3. The number of rotatable bonds is 5. The zero-order chi connectivity index (χ0) is 13.0. The molecular formula is C13H18N4O. The SMILES string of the molecule is CCn1ncnc1CC(N)c1ccc(OC)cc1. The molecule has 1 atom stereocenters. The van der Waals surface area contributed by atoms with Gasteiger partial charge in [0.15, 0.2) is 0 Å². The molecule has 0 radical (unpaired) electrons. The van der Waals surface area contributed by atoms with Crippen LogP contribution in [-0.4, -0.2) is 21.9 Å². The molecule has 0 aliphatic rings. The first-order valence-electron chi connectivity index (χ1n) is 6.00. The van der Waals surface area contributed by atoms with Crippen LogP contribution in [0.2, 0.25) is 0 Å². The van der Waals surface area contributed by atoms with Gasteiger partial charge in [-0.25, -0.2) is 4.98 Å². The summed E-state index contributed by atoms with van der Waals surface area (Å²) in [5, 5.41) is 4.14. The first-order chi connectivity index (χ1) is 8.74. The van der Waals surface area contributed by atoms with E-state index in [1.54, 1.807) is 13.4 Å². The maximum Gasteiger partial charge on any atom is 0.138 e. The summed E-state index contributed by atoms with van der Waals surface area (Å²) in [5.74, 6) is 1.75. The summed E-state index contributed by atoms with van der Waals surface area (Å²) in [6, 6.07) is 7.72. The number of hydrogen-bond acceptors (Lipinski definition) is 4. The van der Waals surface area contributed by atoms with E-state index < -0.39 is 0 Å². The average molecular weight is 246 g/mol. The predicted octanol–water partition coefficient (Wildman–Crippen LogP) is 1.55. The normalized spacial score (nSPS) is 12.4. The lowest BCUT2D eigenvalue weighted by Crippen LogP contribution is -2.16. The predicted molar refractivity (Wildman–Crippen MR) is 69.3 cm³/mol. The Morgan fingerprint density at radius 3 is 2.67 bits per heavy atom. The molecule has 5 nitrogen and oxygen atoms in total. The number of ether oxygens (including phenoxy) is 1. The van der Waals surface area contributed by atoms with Gasteiger partial charge in [-0.05, 0) is 24.6 Å². The monoisotopic (exact) mass is 246 g/mol. The van der Waals surface area contributed by atoms with E-state index >= 15 is 0 Å². The highest BCUT2D eigenvalue weighted by Gasteiger charge is 2.11. The van der Waals surface area contributed by atoms with Crippen molar-refractivity contribution >= 4 is 0 Å². The molecule has 0 fully saturated rings. The Bertz CT molecular complexity index is 492. The van der Waals surface area contributed by atoms with Crippen LogP contribution in [0.3, 0.4) is 0 Å². The molecule has 1 unspecified atom stereocenters. The lowest BCUT2D eigenvalue weighted by atomic mass is 10.0. The van der Waals surface area contributed by atoms with Gasteiger partial charge in [-0.15, -0.1) is 0 Å². The molecule has 96 valence electrons. The Morgan fingerprint density at radius 2 is 2.06 bits per heavy atom. The Labute approximate surface area is 107 Å². The molecule has 0 bridgehead atoms. The highest BCUT2D eigenvalue weighted by Crippen LogP contribution is 2.18. The second-order valence-electron chi connectivity index (χ2n) is 4.08. The zero-order valence-corrected chi connectivity index (χ0v) is 10.7. The Hall–Kier alpha value is -1.88. The van der Waals surface area contributed by atoms with Gasteiger partial charge in [0.1, 0.15) is 17.9 Å². The Morgan fingerprint density at radius 1 is 1.33 bits per heavy atom. The molecular weight excluding hydrogens is 228 g/mol. The van der Waals surface area contributed by atoms with Gasteiger partial charge in [0.05, 0.1) is 7.11 Å². The summed E-state index contributed by atoms with van der Waals surface area (Å²) < 4.78 is 6.99. The van der Waals surface area contributed by atoms with Crippen LogP contribution < -0.4 is 10.5 Å². The van der Waals surface area contributed by atoms with Crippen LogP contribution in [0.5, 0.6) is 5.75 Å². The van der Waals surface area contributed by atoms with Crippen molar-refractivity contribution in [3.63, 3.8) is 0 Å². The molecule has 5 heteroatoms. The van der Waals surface area contributed by atoms with Crippen LogP contribution in [0.25, 0.3) is 0 Å². The molecule has 0 saturated carbocycles. The van der Waals surface area contributed by atoms with Gasteiger partial charge in [0.2, 0.25) is 0 Å². The van der Waals surface area contributed by atoms with Gasteiger partial charge in [-0.1, -0.05) is 12.1 Å². The van der Waals surface area contributed by atoms with E-state index in [2.05, 4.69) is 10.1 Å². The topological polar surface area (TPSA) is 66.0 Å². The van der Waals surface area contributed by atoms with Crippen molar-refractivity contribution in [3.05, 3.63) is 42.0 Å². The molecule has 0 spiro atoms. The maximum atomic E-state index is 6.18. The maximum absolute atomic E-state index is 6.18. The smallest absolute Gasteiger partial charge is 0.138 e. The summed E-state index contributed by atoms with van der Waals surface area (Å²) in [6.07, 6.45) is 2.25.